The van der Waals surface area contributed by atoms with Crippen molar-refractivity contribution in [3.05, 3.63) is 107 Å². The summed E-state index contributed by atoms with van der Waals surface area (Å²) in [4.78, 5) is 0. The van der Waals surface area contributed by atoms with Crippen LogP contribution in [0.5, 0.6) is 5.75 Å². The molecule has 0 radical (unpaired) electrons. The van der Waals surface area contributed by atoms with Crippen LogP contribution >= 0.6 is 0 Å². The molecule has 0 aliphatic carbocycles. The first-order chi connectivity index (χ1) is 18.6. The number of halogens is 11. The van der Waals surface area contributed by atoms with Crippen molar-refractivity contribution in [2.45, 2.75) is 12.3 Å². The molecule has 40 heavy (non-hydrogen) atoms. The van der Waals surface area contributed by atoms with Gasteiger partial charge in [0.25, 0.3) is 0 Å². The number of fused-ring (bicyclic) bond motifs is 1. The van der Waals surface area contributed by atoms with E-state index in [0.29, 0.717) is 35.7 Å². The number of benzene rings is 4. The first-order valence-electron chi connectivity index (χ1n) is 10.8. The highest BCUT2D eigenvalue weighted by Gasteiger charge is 2.41. The summed E-state index contributed by atoms with van der Waals surface area (Å²) in [6.07, 6.45) is -8.65. The summed E-state index contributed by atoms with van der Waals surface area (Å²) in [5.74, 6) is -9.16. The molecule has 4 rings (SSSR count). The average molecular weight is 572 g/mol. The van der Waals surface area contributed by atoms with Gasteiger partial charge < -0.3 is 4.74 Å². The van der Waals surface area contributed by atoms with Crippen molar-refractivity contribution < 1.29 is 53.0 Å². The van der Waals surface area contributed by atoms with E-state index in [9.17, 15) is 48.3 Å². The predicted octanol–water partition coefficient (Wildman–Crippen LogP) is 9.03. The Bertz CT molecular complexity index is 1700. The molecule has 0 fully saturated rings. The minimum Gasteiger partial charge on any atom is -0.429 e. The zero-order valence-corrected chi connectivity index (χ0v) is 19.5. The Morgan fingerprint density at radius 3 is 1.95 bits per heavy atom. The maximum atomic E-state index is 14.9. The Morgan fingerprint density at radius 1 is 0.725 bits per heavy atom. The van der Waals surface area contributed by atoms with Crippen molar-refractivity contribution in [1.82, 2.24) is 0 Å². The van der Waals surface area contributed by atoms with Crippen molar-refractivity contribution >= 4 is 16.8 Å². The van der Waals surface area contributed by atoms with E-state index in [1.807, 2.05) is 0 Å². The fourth-order valence-electron chi connectivity index (χ4n) is 3.79. The molecule has 0 atom stereocenters. The van der Waals surface area contributed by atoms with Crippen molar-refractivity contribution in [3.63, 3.8) is 0 Å². The lowest BCUT2D eigenvalue weighted by Crippen LogP contribution is -2.25. The molecule has 0 unspecified atom stereocenters. The highest BCUT2D eigenvalue weighted by atomic mass is 19.4. The van der Waals surface area contributed by atoms with Crippen LogP contribution in [-0.4, -0.2) is 6.18 Å². The van der Waals surface area contributed by atoms with E-state index in [-0.39, 0.29) is 11.6 Å². The lowest BCUT2D eigenvalue weighted by Gasteiger charge is -2.20. The highest BCUT2D eigenvalue weighted by molar-refractivity contribution is 5.87. The summed E-state index contributed by atoms with van der Waals surface area (Å²) < 4.78 is 158. The quantitative estimate of drug-likeness (QED) is 0.171. The van der Waals surface area contributed by atoms with Crippen molar-refractivity contribution in [1.29, 1.82) is 0 Å². The van der Waals surface area contributed by atoms with Gasteiger partial charge in [-0.25, -0.2) is 26.3 Å². The Morgan fingerprint density at radius 2 is 1.38 bits per heavy atom. The molecule has 0 spiro atoms. The second kappa shape index (κ2) is 10.2. The molecule has 4 aromatic carbocycles. The van der Waals surface area contributed by atoms with Gasteiger partial charge in [0.15, 0.2) is 5.82 Å². The smallest absolute Gasteiger partial charge is 0.429 e. The Kier molecular flexibility index (Phi) is 7.28. The van der Waals surface area contributed by atoms with Gasteiger partial charge in [-0.1, -0.05) is 30.7 Å². The maximum absolute atomic E-state index is 14.9. The number of alkyl halides is 5. The Balaban J connectivity index is 1.73. The zero-order valence-electron chi connectivity index (χ0n) is 19.5. The summed E-state index contributed by atoms with van der Waals surface area (Å²) >= 11 is 0. The number of rotatable bonds is 5. The summed E-state index contributed by atoms with van der Waals surface area (Å²) in [7, 11) is 0. The number of hydrogen-bond donors (Lipinski definition) is 0. The molecule has 1 nitrogen and oxygen atoms in total. The van der Waals surface area contributed by atoms with E-state index in [1.165, 1.54) is 18.1 Å². The minimum absolute atomic E-state index is 0.152. The van der Waals surface area contributed by atoms with Crippen LogP contribution in [0, 0.1) is 46.7 Å². The van der Waals surface area contributed by atoms with Crippen LogP contribution in [0.25, 0.3) is 28.0 Å². The summed E-state index contributed by atoms with van der Waals surface area (Å²) in [5.41, 5.74) is -3.78. The second-order valence-electron chi connectivity index (χ2n) is 8.18. The fourth-order valence-corrected chi connectivity index (χ4v) is 3.79. The Labute approximate surface area is 218 Å². The molecule has 0 aliphatic rings. The fraction of sp³-hybridized carbons (Fsp3) is 0.0714. The van der Waals surface area contributed by atoms with Gasteiger partial charge in [-0.15, -0.1) is 0 Å². The third-order valence-electron chi connectivity index (χ3n) is 5.50. The first-order valence-corrected chi connectivity index (χ1v) is 10.8. The first kappa shape index (κ1) is 28.5. The molecular formula is C28H11F11O. The van der Waals surface area contributed by atoms with Crippen LogP contribution in [-0.2, 0) is 6.11 Å². The lowest BCUT2D eigenvalue weighted by atomic mass is 10.0. The molecule has 0 saturated carbocycles. The van der Waals surface area contributed by atoms with Crippen LogP contribution in [0.15, 0.2) is 55.1 Å². The summed E-state index contributed by atoms with van der Waals surface area (Å²) in [5, 5.41) is -1.87. The minimum atomic E-state index is -5.12. The molecule has 0 bridgehead atoms. The van der Waals surface area contributed by atoms with E-state index in [0.717, 1.165) is 12.1 Å². The Hall–Kier alpha value is -4.53. The van der Waals surface area contributed by atoms with Gasteiger partial charge in [0.1, 0.15) is 40.4 Å². The van der Waals surface area contributed by atoms with Crippen molar-refractivity contribution in [2.24, 2.45) is 0 Å². The van der Waals surface area contributed by atoms with Gasteiger partial charge in [0.05, 0.1) is 10.9 Å². The lowest BCUT2D eigenvalue weighted by molar-refractivity contribution is -0.189. The molecule has 0 heterocycles. The summed E-state index contributed by atoms with van der Waals surface area (Å²) in [6, 6.07) is 5.27. The largest absolute Gasteiger partial charge is 0.458 e. The molecule has 206 valence electrons. The molecule has 0 amide bonds. The van der Waals surface area contributed by atoms with Crippen LogP contribution < -0.4 is 4.74 Å². The molecular weight excluding hydrogens is 561 g/mol. The van der Waals surface area contributed by atoms with E-state index in [2.05, 4.69) is 11.3 Å². The molecule has 0 N–H and O–H groups in total. The molecule has 12 heteroatoms. The van der Waals surface area contributed by atoms with E-state index < -0.39 is 80.4 Å². The third-order valence-corrected chi connectivity index (χ3v) is 5.50. The number of ether oxygens (including phenoxy) is 1. The van der Waals surface area contributed by atoms with E-state index >= 15 is 0 Å². The van der Waals surface area contributed by atoms with Crippen LogP contribution in [0.1, 0.15) is 16.7 Å². The third kappa shape index (κ3) is 5.59. The van der Waals surface area contributed by atoms with Gasteiger partial charge in [-0.2, -0.15) is 22.0 Å². The monoisotopic (exact) mass is 572 g/mol. The van der Waals surface area contributed by atoms with Crippen molar-refractivity contribution in [3.8, 4) is 28.7 Å². The van der Waals surface area contributed by atoms with Gasteiger partial charge in [0, 0.05) is 17.6 Å². The van der Waals surface area contributed by atoms with E-state index in [4.69, 9.17) is 0 Å². The maximum Gasteiger partial charge on any atom is 0.458 e. The van der Waals surface area contributed by atoms with Crippen LogP contribution in [0.2, 0.25) is 0 Å². The van der Waals surface area contributed by atoms with Crippen molar-refractivity contribution in [2.75, 3.05) is 0 Å². The molecule has 0 aromatic heterocycles. The van der Waals surface area contributed by atoms with Crippen LogP contribution in [0.3, 0.4) is 0 Å². The van der Waals surface area contributed by atoms with Gasteiger partial charge >= 0.3 is 12.3 Å². The normalized spacial score (nSPS) is 11.8. The van der Waals surface area contributed by atoms with Gasteiger partial charge in [0.2, 0.25) is 0 Å². The molecule has 0 saturated heterocycles. The van der Waals surface area contributed by atoms with E-state index in [1.54, 1.807) is 0 Å². The average Bonchev–Trinajstić information content (AvgIpc) is 2.81. The summed E-state index contributed by atoms with van der Waals surface area (Å²) in [6.45, 7) is 3.44. The standard InChI is InChI=1S/C28H11F11O/c1-2-13-3-4-17(19(29)7-13)14-9-22(32)25(23(33)10-14)28(38,39)40-16-8-15-11-20(30)18(5-6-27(35,36)37)26(34)24(15)21(31)12-16/h2-4,7-12H,1H2. The topological polar surface area (TPSA) is 9.23 Å². The SMILES string of the molecule is C=Cc1ccc(-c2cc(F)c(C(F)(F)Oc3cc(F)c4c(F)c(C#CC(F)(F)F)c(F)cc4c3)c(F)c2)c(F)c1. The molecule has 4 aromatic rings. The highest BCUT2D eigenvalue weighted by Crippen LogP contribution is 2.39. The molecule has 0 aliphatic heterocycles. The van der Waals surface area contributed by atoms with Crippen LogP contribution in [0.4, 0.5) is 48.3 Å². The second-order valence-corrected chi connectivity index (χ2v) is 8.18. The zero-order chi connectivity index (χ0) is 29.6. The number of hydrogen-bond acceptors (Lipinski definition) is 1. The van der Waals surface area contributed by atoms with Gasteiger partial charge in [-0.05, 0) is 46.8 Å². The van der Waals surface area contributed by atoms with Gasteiger partial charge in [-0.3, -0.25) is 0 Å². The predicted molar refractivity (Wildman–Crippen MR) is 123 cm³/mol.